The van der Waals surface area contributed by atoms with E-state index >= 15 is 0 Å². The maximum absolute atomic E-state index is 12.0. The first kappa shape index (κ1) is 14.4. The van der Waals surface area contributed by atoms with Gasteiger partial charge in [0, 0.05) is 32.8 Å². The molecule has 0 radical (unpaired) electrons. The van der Waals surface area contributed by atoms with Crippen molar-refractivity contribution in [2.75, 3.05) is 40.0 Å². The lowest BCUT2D eigenvalue weighted by atomic mass is 10.0. The van der Waals surface area contributed by atoms with Crippen molar-refractivity contribution >= 4 is 5.91 Å². The molecule has 1 saturated heterocycles. The average molecular weight is 244 g/mol. The molecule has 0 atom stereocenters. The molecule has 0 aromatic rings. The summed E-state index contributed by atoms with van der Waals surface area (Å²) in [6.07, 6.45) is 0. The summed E-state index contributed by atoms with van der Waals surface area (Å²) in [7, 11) is 1.64. The summed E-state index contributed by atoms with van der Waals surface area (Å²) in [5.74, 6) is 0.0326. The van der Waals surface area contributed by atoms with Gasteiger partial charge in [-0.1, -0.05) is 0 Å². The van der Waals surface area contributed by atoms with Crippen LogP contribution in [0, 0.1) is 0 Å². The van der Waals surface area contributed by atoms with Crippen molar-refractivity contribution in [1.82, 2.24) is 10.2 Å². The van der Waals surface area contributed by atoms with E-state index in [1.807, 2.05) is 20.8 Å². The molecule has 1 aliphatic rings. The first-order valence-electron chi connectivity index (χ1n) is 6.11. The number of hydrogen-bond donors (Lipinski definition) is 1. The monoisotopic (exact) mass is 244 g/mol. The number of amides is 1. The summed E-state index contributed by atoms with van der Waals surface area (Å²) in [5.41, 5.74) is -0.167. The molecule has 1 rings (SSSR count). The number of carbonyl (C=O) groups is 1. The number of rotatable bonds is 7. The van der Waals surface area contributed by atoms with Crippen LogP contribution < -0.4 is 5.32 Å². The Labute approximate surface area is 103 Å². The van der Waals surface area contributed by atoms with Gasteiger partial charge in [0.25, 0.3) is 0 Å². The van der Waals surface area contributed by atoms with Gasteiger partial charge >= 0.3 is 0 Å². The second-order valence-corrected chi connectivity index (χ2v) is 5.02. The van der Waals surface area contributed by atoms with Crippen LogP contribution in [0.3, 0.4) is 0 Å². The minimum Gasteiger partial charge on any atom is -0.383 e. The van der Waals surface area contributed by atoms with Gasteiger partial charge in [0.1, 0.15) is 6.61 Å². The van der Waals surface area contributed by atoms with Crippen LogP contribution in [0.15, 0.2) is 0 Å². The van der Waals surface area contributed by atoms with Crippen LogP contribution in [-0.4, -0.2) is 62.4 Å². The molecule has 0 spiro atoms. The molecular formula is C12H24N2O3. The molecule has 5 heteroatoms. The van der Waals surface area contributed by atoms with Gasteiger partial charge in [0.05, 0.1) is 12.2 Å². The van der Waals surface area contributed by atoms with Crippen molar-refractivity contribution in [2.45, 2.75) is 32.4 Å². The van der Waals surface area contributed by atoms with E-state index in [9.17, 15) is 4.79 Å². The summed E-state index contributed by atoms with van der Waals surface area (Å²) in [6, 6.07) is 0.175. The van der Waals surface area contributed by atoms with Crippen LogP contribution in [0.1, 0.15) is 20.8 Å². The van der Waals surface area contributed by atoms with Gasteiger partial charge in [0.15, 0.2) is 0 Å². The largest absolute Gasteiger partial charge is 0.383 e. The highest BCUT2D eigenvalue weighted by Gasteiger charge is 2.33. The zero-order chi connectivity index (χ0) is 12.9. The second kappa shape index (κ2) is 6.33. The van der Waals surface area contributed by atoms with Crippen LogP contribution in [0.2, 0.25) is 0 Å². The van der Waals surface area contributed by atoms with Crippen LogP contribution in [0.5, 0.6) is 0 Å². The smallest absolute Gasteiger partial charge is 0.248 e. The SMILES string of the molecule is COCCN(C(=O)COC1(C)CNC1)C(C)C. The van der Waals surface area contributed by atoms with E-state index < -0.39 is 0 Å². The molecular weight excluding hydrogens is 220 g/mol. The van der Waals surface area contributed by atoms with Crippen molar-refractivity contribution < 1.29 is 14.3 Å². The lowest BCUT2D eigenvalue weighted by Crippen LogP contribution is -2.60. The van der Waals surface area contributed by atoms with E-state index in [1.165, 1.54) is 0 Å². The van der Waals surface area contributed by atoms with Gasteiger partial charge in [-0.25, -0.2) is 0 Å². The molecule has 0 aromatic carbocycles. The second-order valence-electron chi connectivity index (χ2n) is 5.02. The highest BCUT2D eigenvalue weighted by atomic mass is 16.5. The maximum atomic E-state index is 12.0. The topological polar surface area (TPSA) is 50.8 Å². The van der Waals surface area contributed by atoms with Gasteiger partial charge in [-0.3, -0.25) is 4.79 Å². The maximum Gasteiger partial charge on any atom is 0.248 e. The number of carbonyl (C=O) groups excluding carboxylic acids is 1. The van der Waals surface area contributed by atoms with E-state index in [4.69, 9.17) is 9.47 Å². The molecule has 0 bridgehead atoms. The van der Waals surface area contributed by atoms with Crippen LogP contribution in [0.25, 0.3) is 0 Å². The van der Waals surface area contributed by atoms with Crippen LogP contribution in [0.4, 0.5) is 0 Å². The van der Waals surface area contributed by atoms with E-state index in [1.54, 1.807) is 12.0 Å². The molecule has 5 nitrogen and oxygen atoms in total. The fourth-order valence-corrected chi connectivity index (χ4v) is 1.76. The Bertz CT molecular complexity index is 252. The van der Waals surface area contributed by atoms with Crippen LogP contribution in [-0.2, 0) is 14.3 Å². The zero-order valence-corrected chi connectivity index (χ0v) is 11.3. The molecule has 0 unspecified atom stereocenters. The quantitative estimate of drug-likeness (QED) is 0.697. The Morgan fingerprint density at radius 1 is 1.47 bits per heavy atom. The van der Waals surface area contributed by atoms with Gasteiger partial charge in [0.2, 0.25) is 5.91 Å². The fraction of sp³-hybridized carbons (Fsp3) is 0.917. The average Bonchev–Trinajstić information content (AvgIpc) is 2.23. The number of methoxy groups -OCH3 is 1. The summed E-state index contributed by atoms with van der Waals surface area (Å²) in [4.78, 5) is 13.8. The molecule has 0 aliphatic carbocycles. The van der Waals surface area contributed by atoms with E-state index in [0.717, 1.165) is 13.1 Å². The first-order chi connectivity index (χ1) is 7.98. The Morgan fingerprint density at radius 2 is 2.12 bits per heavy atom. The van der Waals surface area contributed by atoms with E-state index in [0.29, 0.717) is 13.2 Å². The van der Waals surface area contributed by atoms with Crippen molar-refractivity contribution in [2.24, 2.45) is 0 Å². The van der Waals surface area contributed by atoms with Crippen molar-refractivity contribution in [1.29, 1.82) is 0 Å². The van der Waals surface area contributed by atoms with Gasteiger partial charge < -0.3 is 19.7 Å². The van der Waals surface area contributed by atoms with Gasteiger partial charge in [-0.2, -0.15) is 0 Å². The molecule has 1 amide bonds. The lowest BCUT2D eigenvalue weighted by molar-refractivity contribution is -0.148. The Morgan fingerprint density at radius 3 is 2.53 bits per heavy atom. The van der Waals surface area contributed by atoms with E-state index in [2.05, 4.69) is 5.32 Å². The minimum atomic E-state index is -0.167. The number of hydrogen-bond acceptors (Lipinski definition) is 4. The molecule has 100 valence electrons. The normalized spacial score (nSPS) is 17.9. The summed E-state index contributed by atoms with van der Waals surface area (Å²) in [5, 5.41) is 3.14. The number of nitrogens with one attached hydrogen (secondary N) is 1. The predicted molar refractivity (Wildman–Crippen MR) is 66.0 cm³/mol. The van der Waals surface area contributed by atoms with Crippen molar-refractivity contribution in [3.05, 3.63) is 0 Å². The first-order valence-corrected chi connectivity index (χ1v) is 6.11. The Balaban J connectivity index is 2.36. The molecule has 1 fully saturated rings. The van der Waals surface area contributed by atoms with Gasteiger partial charge in [-0.05, 0) is 20.8 Å². The Kier molecular flexibility index (Phi) is 5.36. The molecule has 1 N–H and O–H groups in total. The standard InChI is InChI=1S/C12H24N2O3/c1-10(2)14(5-6-16-4)11(15)7-17-12(3)8-13-9-12/h10,13H,5-9H2,1-4H3. The fourth-order valence-electron chi connectivity index (χ4n) is 1.76. The number of nitrogens with zero attached hydrogens (tertiary/aromatic N) is 1. The third-order valence-electron chi connectivity index (χ3n) is 3.02. The highest BCUT2D eigenvalue weighted by molar-refractivity contribution is 5.77. The molecule has 0 aromatic heterocycles. The summed E-state index contributed by atoms with van der Waals surface area (Å²) < 4.78 is 10.6. The molecule has 1 heterocycles. The molecule has 17 heavy (non-hydrogen) atoms. The van der Waals surface area contributed by atoms with Gasteiger partial charge in [-0.15, -0.1) is 0 Å². The molecule has 0 saturated carbocycles. The number of ether oxygens (including phenoxy) is 2. The van der Waals surface area contributed by atoms with Crippen molar-refractivity contribution in [3.8, 4) is 0 Å². The van der Waals surface area contributed by atoms with E-state index in [-0.39, 0.29) is 24.2 Å². The lowest BCUT2D eigenvalue weighted by Gasteiger charge is -2.39. The third-order valence-corrected chi connectivity index (χ3v) is 3.02. The summed E-state index contributed by atoms with van der Waals surface area (Å²) in [6.45, 7) is 8.99. The Hall–Kier alpha value is -0.650. The third kappa shape index (κ3) is 4.26. The predicted octanol–water partition coefficient (Wildman–Crippen LogP) is 0.248. The summed E-state index contributed by atoms with van der Waals surface area (Å²) >= 11 is 0. The zero-order valence-electron chi connectivity index (χ0n) is 11.3. The van der Waals surface area contributed by atoms with Crippen LogP contribution >= 0.6 is 0 Å². The van der Waals surface area contributed by atoms with Crippen molar-refractivity contribution in [3.63, 3.8) is 0 Å². The highest BCUT2D eigenvalue weighted by Crippen LogP contribution is 2.15. The minimum absolute atomic E-state index is 0.0326. The molecule has 1 aliphatic heterocycles.